The smallest absolute Gasteiger partial charge is 0.340 e. The van der Waals surface area contributed by atoms with Crippen LogP contribution in [0.4, 0.5) is 5.82 Å². The number of aliphatic carboxylic acids is 1. The van der Waals surface area contributed by atoms with Crippen LogP contribution < -0.4 is 0 Å². The van der Waals surface area contributed by atoms with Crippen LogP contribution in [0.25, 0.3) is 0 Å². The van der Waals surface area contributed by atoms with Crippen LogP contribution in [0.1, 0.15) is 18.3 Å². The van der Waals surface area contributed by atoms with E-state index in [1.165, 1.54) is 0 Å². The lowest BCUT2D eigenvalue weighted by molar-refractivity contribution is -0.389. The second kappa shape index (κ2) is 4.68. The number of hydrogen-bond donors (Lipinski definition) is 4. The molecule has 0 aliphatic rings. The largest absolute Gasteiger partial charge is 0.481 e. The van der Waals surface area contributed by atoms with E-state index in [4.69, 9.17) is 5.11 Å². The molecule has 0 saturated heterocycles. The minimum absolute atomic E-state index is 0.250. The summed E-state index contributed by atoms with van der Waals surface area (Å²) >= 11 is 0. The van der Waals surface area contributed by atoms with E-state index >= 15 is 0 Å². The molecule has 1 rings (SSSR count). The van der Waals surface area contributed by atoms with Crippen molar-refractivity contribution < 1.29 is 25.0 Å². The van der Waals surface area contributed by atoms with Gasteiger partial charge in [0.25, 0.3) is 0 Å². The van der Waals surface area contributed by atoms with Crippen LogP contribution in [0.5, 0.6) is 0 Å². The van der Waals surface area contributed by atoms with Gasteiger partial charge in [-0.15, -0.1) is 0 Å². The van der Waals surface area contributed by atoms with Gasteiger partial charge in [-0.25, -0.2) is 9.97 Å². The summed E-state index contributed by atoms with van der Waals surface area (Å²) in [5.41, 5.74) is 0. The lowest BCUT2D eigenvalue weighted by atomic mass is 10.1. The second-order valence-corrected chi connectivity index (χ2v) is 3.02. The minimum Gasteiger partial charge on any atom is -0.481 e. The van der Waals surface area contributed by atoms with Crippen molar-refractivity contribution in [3.8, 4) is 0 Å². The number of nitro groups is 1. The molecule has 0 aliphatic heterocycles. The quantitative estimate of drug-likeness (QED) is 0.382. The topological polar surface area (TPSA) is 150 Å². The van der Waals surface area contributed by atoms with Gasteiger partial charge < -0.3 is 25.4 Å². The molecule has 0 saturated carbocycles. The molecule has 9 heteroatoms. The van der Waals surface area contributed by atoms with Gasteiger partial charge in [-0.1, -0.05) is 0 Å². The van der Waals surface area contributed by atoms with E-state index in [9.17, 15) is 25.1 Å². The fourth-order valence-electron chi connectivity index (χ4n) is 1.04. The molecule has 9 nitrogen and oxygen atoms in total. The van der Waals surface area contributed by atoms with Crippen LogP contribution in [0.3, 0.4) is 0 Å². The predicted molar refractivity (Wildman–Crippen MR) is 48.5 cm³/mol. The molecule has 4 N–H and O–H groups in total. The highest BCUT2D eigenvalue weighted by atomic mass is 16.6. The summed E-state index contributed by atoms with van der Waals surface area (Å²) in [7, 11) is 0. The van der Waals surface area contributed by atoms with E-state index in [1.54, 1.807) is 0 Å². The SMILES string of the molecule is O=C(O)CC(O)C(O)c1ncc([N+](=O)[O-])[nH]1. The van der Waals surface area contributed by atoms with Crippen LogP contribution in [-0.4, -0.2) is 42.3 Å². The maximum atomic E-state index is 10.3. The molecule has 2 unspecified atom stereocenters. The molecule has 0 aliphatic carbocycles. The molecule has 0 aromatic carbocycles. The molecule has 0 bridgehead atoms. The Morgan fingerprint density at radius 3 is 2.69 bits per heavy atom. The molecule has 0 fully saturated rings. The van der Waals surface area contributed by atoms with E-state index in [-0.39, 0.29) is 5.82 Å². The zero-order chi connectivity index (χ0) is 12.3. The maximum Gasteiger partial charge on any atom is 0.340 e. The Bertz CT molecular complexity index is 403. The Morgan fingerprint density at radius 2 is 2.25 bits per heavy atom. The number of nitrogens with zero attached hydrogens (tertiary/aromatic N) is 2. The summed E-state index contributed by atoms with van der Waals surface area (Å²) < 4.78 is 0. The molecule has 0 spiro atoms. The molecule has 2 atom stereocenters. The normalized spacial score (nSPS) is 14.4. The Balaban J connectivity index is 2.75. The van der Waals surface area contributed by atoms with E-state index in [1.807, 2.05) is 0 Å². The zero-order valence-corrected chi connectivity index (χ0v) is 7.90. The van der Waals surface area contributed by atoms with E-state index in [2.05, 4.69) is 9.97 Å². The summed E-state index contributed by atoms with van der Waals surface area (Å²) in [4.78, 5) is 25.4. The molecule has 1 aromatic heterocycles. The Kier molecular flexibility index (Phi) is 3.53. The lowest BCUT2D eigenvalue weighted by Crippen LogP contribution is -2.22. The van der Waals surface area contributed by atoms with Crippen LogP contribution in [0.15, 0.2) is 6.20 Å². The summed E-state index contributed by atoms with van der Waals surface area (Å²) in [5.74, 6) is -2.00. The van der Waals surface area contributed by atoms with Gasteiger partial charge in [-0.2, -0.15) is 0 Å². The molecule has 1 aromatic rings. The summed E-state index contributed by atoms with van der Waals surface area (Å²) in [5, 5.41) is 37.3. The molecule has 0 amide bonds. The third-order valence-electron chi connectivity index (χ3n) is 1.81. The first kappa shape index (κ1) is 12.1. The van der Waals surface area contributed by atoms with Crippen LogP contribution in [0, 0.1) is 10.1 Å². The Hall–Kier alpha value is -2.00. The number of nitrogens with one attached hydrogen (secondary N) is 1. The van der Waals surface area contributed by atoms with Crippen LogP contribution >= 0.6 is 0 Å². The number of H-pyrrole nitrogens is 1. The molecule has 1 heterocycles. The van der Waals surface area contributed by atoms with Crippen molar-refractivity contribution >= 4 is 11.8 Å². The fraction of sp³-hybridized carbons (Fsp3) is 0.429. The van der Waals surface area contributed by atoms with Gasteiger partial charge in [0.1, 0.15) is 6.20 Å². The number of aliphatic hydroxyl groups is 2. The average molecular weight is 231 g/mol. The van der Waals surface area contributed by atoms with Gasteiger partial charge in [-0.05, 0) is 4.92 Å². The van der Waals surface area contributed by atoms with Gasteiger partial charge in [0.05, 0.1) is 12.5 Å². The van der Waals surface area contributed by atoms with E-state index in [0.717, 1.165) is 6.20 Å². The van der Waals surface area contributed by atoms with Gasteiger partial charge in [0.2, 0.25) is 5.82 Å². The van der Waals surface area contributed by atoms with Crippen molar-refractivity contribution in [1.82, 2.24) is 9.97 Å². The number of carboxylic acid groups (broad SMARTS) is 1. The first-order valence-corrected chi connectivity index (χ1v) is 4.19. The van der Waals surface area contributed by atoms with Gasteiger partial charge in [0.15, 0.2) is 6.10 Å². The van der Waals surface area contributed by atoms with Crippen molar-refractivity contribution in [2.45, 2.75) is 18.6 Å². The average Bonchev–Trinajstić information content (AvgIpc) is 2.64. The van der Waals surface area contributed by atoms with Crippen molar-refractivity contribution in [1.29, 1.82) is 0 Å². The molecular formula is C7H9N3O6. The number of aromatic amines is 1. The van der Waals surface area contributed by atoms with Gasteiger partial charge in [-0.3, -0.25) is 4.79 Å². The number of imidazole rings is 1. The highest BCUT2D eigenvalue weighted by Crippen LogP contribution is 2.18. The van der Waals surface area contributed by atoms with Crippen molar-refractivity contribution in [3.05, 3.63) is 22.1 Å². The highest BCUT2D eigenvalue weighted by molar-refractivity contribution is 5.67. The zero-order valence-electron chi connectivity index (χ0n) is 7.90. The standard InChI is InChI=1S/C7H9N3O6/c11-3(1-5(12)13)6(14)7-8-2-4(9-7)10(15)16/h2-3,6,11,14H,1H2,(H,8,9)(H,12,13). The first-order valence-electron chi connectivity index (χ1n) is 4.19. The third-order valence-corrected chi connectivity index (χ3v) is 1.81. The number of aromatic nitrogens is 2. The van der Waals surface area contributed by atoms with Crippen LogP contribution in [-0.2, 0) is 4.79 Å². The Labute approximate surface area is 88.5 Å². The molecular weight excluding hydrogens is 222 g/mol. The maximum absolute atomic E-state index is 10.3. The van der Waals surface area contributed by atoms with Crippen molar-refractivity contribution in [3.63, 3.8) is 0 Å². The summed E-state index contributed by atoms with van der Waals surface area (Å²) in [6.45, 7) is 0. The first-order chi connectivity index (χ1) is 7.41. The molecule has 88 valence electrons. The van der Waals surface area contributed by atoms with E-state index in [0.29, 0.717) is 0 Å². The fourth-order valence-corrected chi connectivity index (χ4v) is 1.04. The number of rotatable bonds is 5. The van der Waals surface area contributed by atoms with Crippen molar-refractivity contribution in [2.24, 2.45) is 0 Å². The summed E-state index contributed by atoms with van der Waals surface area (Å²) in [6, 6.07) is 0. The van der Waals surface area contributed by atoms with Crippen molar-refractivity contribution in [2.75, 3.05) is 0 Å². The number of hydrogen-bond acceptors (Lipinski definition) is 6. The Morgan fingerprint density at radius 1 is 1.62 bits per heavy atom. The minimum atomic E-state index is -1.61. The van der Waals surface area contributed by atoms with E-state index < -0.39 is 35.3 Å². The third kappa shape index (κ3) is 2.74. The van der Waals surface area contributed by atoms with Gasteiger partial charge in [0, 0.05) is 0 Å². The molecule has 16 heavy (non-hydrogen) atoms. The molecule has 0 radical (unpaired) electrons. The van der Waals surface area contributed by atoms with Crippen LogP contribution in [0.2, 0.25) is 0 Å². The summed E-state index contributed by atoms with van der Waals surface area (Å²) in [6.07, 6.45) is -3.00. The number of aliphatic hydroxyl groups excluding tert-OH is 2. The lowest BCUT2D eigenvalue weighted by Gasteiger charge is -2.11. The number of carboxylic acids is 1. The second-order valence-electron chi connectivity index (χ2n) is 3.02. The van der Waals surface area contributed by atoms with Gasteiger partial charge >= 0.3 is 11.8 Å². The monoisotopic (exact) mass is 231 g/mol. The predicted octanol–water partition coefficient (Wildman–Crippen LogP) is -0.813. The highest BCUT2D eigenvalue weighted by Gasteiger charge is 2.27. The number of carbonyl (C=O) groups is 1.